The van der Waals surface area contributed by atoms with Gasteiger partial charge in [-0.15, -0.1) is 0 Å². The third-order valence-electron chi connectivity index (χ3n) is 3.02. The van der Waals surface area contributed by atoms with Gasteiger partial charge in [0.15, 0.2) is 5.82 Å². The second kappa shape index (κ2) is 5.47. The SMILES string of the molecule is COc1ccc(N(C(N)=O)c2cc(C(C)(C)C)on2)cc1. The molecule has 112 valence electrons. The molecule has 0 bridgehead atoms. The number of carbonyl (C=O) groups is 1. The maximum atomic E-state index is 11.7. The summed E-state index contributed by atoms with van der Waals surface area (Å²) in [5.74, 6) is 1.73. The number of amides is 2. The first-order valence-electron chi connectivity index (χ1n) is 6.54. The van der Waals surface area contributed by atoms with Crippen molar-refractivity contribution < 1.29 is 14.1 Å². The summed E-state index contributed by atoms with van der Waals surface area (Å²) in [5.41, 5.74) is 5.86. The lowest BCUT2D eigenvalue weighted by atomic mass is 9.93. The molecule has 6 heteroatoms. The second-order valence-corrected chi connectivity index (χ2v) is 5.67. The van der Waals surface area contributed by atoms with Gasteiger partial charge < -0.3 is 15.0 Å². The maximum absolute atomic E-state index is 11.7. The Balaban J connectivity index is 2.39. The Kier molecular flexibility index (Phi) is 3.88. The van der Waals surface area contributed by atoms with Crippen LogP contribution in [0.5, 0.6) is 5.75 Å². The Bertz CT molecular complexity index is 626. The third kappa shape index (κ3) is 3.16. The quantitative estimate of drug-likeness (QED) is 0.940. The summed E-state index contributed by atoms with van der Waals surface area (Å²) in [5, 5.41) is 3.94. The van der Waals surface area contributed by atoms with Crippen LogP contribution in [0.25, 0.3) is 0 Å². The summed E-state index contributed by atoms with van der Waals surface area (Å²) >= 11 is 0. The Morgan fingerprint density at radius 1 is 1.29 bits per heavy atom. The van der Waals surface area contributed by atoms with E-state index in [1.807, 2.05) is 20.8 Å². The monoisotopic (exact) mass is 289 g/mol. The van der Waals surface area contributed by atoms with Crippen LogP contribution in [-0.4, -0.2) is 18.3 Å². The molecule has 0 spiro atoms. The predicted octanol–water partition coefficient (Wildman–Crippen LogP) is 3.20. The number of ether oxygens (including phenoxy) is 1. The number of urea groups is 1. The first kappa shape index (κ1) is 14.9. The van der Waals surface area contributed by atoms with Crippen molar-refractivity contribution in [1.82, 2.24) is 5.16 Å². The zero-order valence-electron chi connectivity index (χ0n) is 12.6. The van der Waals surface area contributed by atoms with E-state index in [4.69, 9.17) is 15.0 Å². The fourth-order valence-electron chi connectivity index (χ4n) is 1.83. The van der Waals surface area contributed by atoms with Crippen LogP contribution in [0.1, 0.15) is 26.5 Å². The van der Waals surface area contributed by atoms with Crippen molar-refractivity contribution in [1.29, 1.82) is 0 Å². The van der Waals surface area contributed by atoms with E-state index in [2.05, 4.69) is 5.16 Å². The van der Waals surface area contributed by atoms with E-state index in [0.717, 1.165) is 0 Å². The lowest BCUT2D eigenvalue weighted by Gasteiger charge is -2.17. The standard InChI is InChI=1S/C15H19N3O3/c1-15(2,3)12-9-13(17-21-12)18(14(16)19)10-5-7-11(20-4)8-6-10/h5-9H,1-4H3,(H2,16,19). The largest absolute Gasteiger partial charge is 0.497 e. The Labute approximate surface area is 123 Å². The minimum absolute atomic E-state index is 0.200. The van der Waals surface area contributed by atoms with Gasteiger partial charge in [0, 0.05) is 11.5 Å². The molecule has 0 atom stereocenters. The summed E-state index contributed by atoms with van der Waals surface area (Å²) in [7, 11) is 1.58. The molecular formula is C15H19N3O3. The van der Waals surface area contributed by atoms with Gasteiger partial charge in [-0.1, -0.05) is 25.9 Å². The van der Waals surface area contributed by atoms with Crippen molar-refractivity contribution in [3.63, 3.8) is 0 Å². The smallest absolute Gasteiger partial charge is 0.325 e. The normalized spacial score (nSPS) is 11.2. The number of nitrogens with zero attached hydrogens (tertiary/aromatic N) is 2. The summed E-state index contributed by atoms with van der Waals surface area (Å²) in [6.07, 6.45) is 0. The number of primary amides is 1. The molecule has 2 aromatic rings. The lowest BCUT2D eigenvalue weighted by molar-refractivity contribution is 0.255. The van der Waals surface area contributed by atoms with E-state index < -0.39 is 6.03 Å². The van der Waals surface area contributed by atoms with Gasteiger partial charge in [-0.2, -0.15) is 0 Å². The van der Waals surface area contributed by atoms with Gasteiger partial charge in [0.25, 0.3) is 0 Å². The molecule has 2 amide bonds. The van der Waals surface area contributed by atoms with Crippen LogP contribution in [0.3, 0.4) is 0 Å². The topological polar surface area (TPSA) is 81.6 Å². The molecule has 1 heterocycles. The van der Waals surface area contributed by atoms with E-state index in [1.54, 1.807) is 37.4 Å². The van der Waals surface area contributed by atoms with Crippen LogP contribution in [0, 0.1) is 0 Å². The molecule has 0 unspecified atom stereocenters. The van der Waals surface area contributed by atoms with Gasteiger partial charge in [0.1, 0.15) is 11.5 Å². The first-order chi connectivity index (χ1) is 9.82. The fraction of sp³-hybridized carbons (Fsp3) is 0.333. The molecule has 21 heavy (non-hydrogen) atoms. The van der Waals surface area contributed by atoms with Crippen LogP contribution in [0.2, 0.25) is 0 Å². The van der Waals surface area contributed by atoms with Crippen molar-refractivity contribution in [3.05, 3.63) is 36.1 Å². The summed E-state index contributed by atoms with van der Waals surface area (Å²) in [4.78, 5) is 13.0. The number of rotatable bonds is 3. The molecule has 0 radical (unpaired) electrons. The van der Waals surface area contributed by atoms with Crippen molar-refractivity contribution in [2.75, 3.05) is 12.0 Å². The number of nitrogens with two attached hydrogens (primary N) is 1. The van der Waals surface area contributed by atoms with Crippen LogP contribution in [0.4, 0.5) is 16.3 Å². The lowest BCUT2D eigenvalue weighted by Crippen LogP contribution is -2.31. The zero-order valence-corrected chi connectivity index (χ0v) is 12.6. The van der Waals surface area contributed by atoms with Crippen molar-refractivity contribution in [2.45, 2.75) is 26.2 Å². The minimum atomic E-state index is -0.631. The van der Waals surface area contributed by atoms with Gasteiger partial charge in [-0.25, -0.2) is 9.69 Å². The number of aromatic nitrogens is 1. The molecule has 0 saturated heterocycles. The Morgan fingerprint density at radius 3 is 2.33 bits per heavy atom. The molecule has 1 aromatic heterocycles. The number of carbonyl (C=O) groups excluding carboxylic acids is 1. The molecule has 0 aliphatic heterocycles. The van der Waals surface area contributed by atoms with Crippen molar-refractivity contribution >= 4 is 17.5 Å². The average Bonchev–Trinajstić information content (AvgIpc) is 2.89. The maximum Gasteiger partial charge on any atom is 0.325 e. The molecular weight excluding hydrogens is 270 g/mol. The van der Waals surface area contributed by atoms with Gasteiger partial charge in [-0.05, 0) is 24.3 Å². The molecule has 0 saturated carbocycles. The number of methoxy groups -OCH3 is 1. The van der Waals surface area contributed by atoms with Gasteiger partial charge in [-0.3, -0.25) is 0 Å². The minimum Gasteiger partial charge on any atom is -0.497 e. The fourth-order valence-corrected chi connectivity index (χ4v) is 1.83. The zero-order chi connectivity index (χ0) is 15.6. The van der Waals surface area contributed by atoms with E-state index in [-0.39, 0.29) is 5.41 Å². The van der Waals surface area contributed by atoms with E-state index in [9.17, 15) is 4.79 Å². The van der Waals surface area contributed by atoms with Crippen LogP contribution < -0.4 is 15.4 Å². The van der Waals surface area contributed by atoms with Crippen molar-refractivity contribution in [2.24, 2.45) is 5.73 Å². The second-order valence-electron chi connectivity index (χ2n) is 5.67. The molecule has 0 aliphatic carbocycles. The van der Waals surface area contributed by atoms with E-state index in [0.29, 0.717) is 23.0 Å². The molecule has 0 aliphatic rings. The van der Waals surface area contributed by atoms with Crippen LogP contribution >= 0.6 is 0 Å². The van der Waals surface area contributed by atoms with Gasteiger partial charge >= 0.3 is 6.03 Å². The van der Waals surface area contributed by atoms with Gasteiger partial charge in [0.05, 0.1) is 12.8 Å². The summed E-state index contributed by atoms with van der Waals surface area (Å²) in [6.45, 7) is 6.00. The highest BCUT2D eigenvalue weighted by atomic mass is 16.5. The molecule has 6 nitrogen and oxygen atoms in total. The highest BCUT2D eigenvalue weighted by molar-refractivity contribution is 5.97. The van der Waals surface area contributed by atoms with Gasteiger partial charge in [0.2, 0.25) is 0 Å². The number of hydrogen-bond donors (Lipinski definition) is 1. The van der Waals surface area contributed by atoms with E-state index in [1.165, 1.54) is 4.90 Å². The predicted molar refractivity (Wildman–Crippen MR) is 79.9 cm³/mol. The summed E-state index contributed by atoms with van der Waals surface area (Å²) < 4.78 is 10.4. The first-order valence-corrected chi connectivity index (χ1v) is 6.54. The van der Waals surface area contributed by atoms with Crippen LogP contribution in [-0.2, 0) is 5.41 Å². The van der Waals surface area contributed by atoms with E-state index >= 15 is 0 Å². The molecule has 2 rings (SSSR count). The molecule has 0 fully saturated rings. The number of hydrogen-bond acceptors (Lipinski definition) is 4. The third-order valence-corrected chi connectivity index (χ3v) is 3.02. The Hall–Kier alpha value is -2.50. The average molecular weight is 289 g/mol. The van der Waals surface area contributed by atoms with Crippen LogP contribution in [0.15, 0.2) is 34.9 Å². The molecule has 1 aromatic carbocycles. The van der Waals surface area contributed by atoms with Crippen molar-refractivity contribution in [3.8, 4) is 5.75 Å². The molecule has 2 N–H and O–H groups in total. The Morgan fingerprint density at radius 2 is 1.90 bits per heavy atom. The highest BCUT2D eigenvalue weighted by Gasteiger charge is 2.24. The number of anilines is 2. The summed E-state index contributed by atoms with van der Waals surface area (Å²) in [6, 6.07) is 8.04. The number of benzene rings is 1. The highest BCUT2D eigenvalue weighted by Crippen LogP contribution is 2.30.